The number of hydrogen-bond acceptors (Lipinski definition) is 7. The SMILES string of the molecule is CC(NC(=O)C(N)Cc1ccccc1)C(=O)NC(C(=O)NC(CO)C(=O)O)C(C)O. The van der Waals surface area contributed by atoms with Gasteiger partial charge >= 0.3 is 5.97 Å². The van der Waals surface area contributed by atoms with Crippen molar-refractivity contribution in [3.8, 4) is 0 Å². The van der Waals surface area contributed by atoms with E-state index in [0.717, 1.165) is 5.56 Å². The van der Waals surface area contributed by atoms with Crippen LogP contribution in [0.5, 0.6) is 0 Å². The summed E-state index contributed by atoms with van der Waals surface area (Å²) in [6.07, 6.45) is -1.11. The van der Waals surface area contributed by atoms with E-state index in [4.69, 9.17) is 15.9 Å². The summed E-state index contributed by atoms with van der Waals surface area (Å²) in [7, 11) is 0. The van der Waals surface area contributed by atoms with E-state index in [-0.39, 0.29) is 6.42 Å². The van der Waals surface area contributed by atoms with Crippen LogP contribution in [0.2, 0.25) is 0 Å². The highest BCUT2D eigenvalue weighted by molar-refractivity contribution is 5.94. The zero-order valence-corrected chi connectivity index (χ0v) is 16.7. The van der Waals surface area contributed by atoms with Gasteiger partial charge in [-0.05, 0) is 25.8 Å². The number of rotatable bonds is 11. The lowest BCUT2D eigenvalue weighted by Gasteiger charge is -2.25. The first-order valence-corrected chi connectivity index (χ1v) is 9.29. The Labute approximate surface area is 173 Å². The standard InChI is InChI=1S/C19H28N4O7/c1-10(21-17(27)13(20)8-12-6-4-3-5-7-12)16(26)23-15(11(2)25)18(28)22-14(9-24)19(29)30/h3-7,10-11,13-15,24-25H,8-9,20H2,1-2H3,(H,21,27)(H,22,28)(H,23,26)(H,29,30). The summed E-state index contributed by atoms with van der Waals surface area (Å²) in [6.45, 7) is 1.72. The molecule has 1 aromatic rings. The average molecular weight is 424 g/mol. The lowest BCUT2D eigenvalue weighted by atomic mass is 10.1. The lowest BCUT2D eigenvalue weighted by Crippen LogP contribution is -2.59. The molecule has 0 radical (unpaired) electrons. The van der Waals surface area contributed by atoms with Gasteiger partial charge in [0.2, 0.25) is 17.7 Å². The number of hydrogen-bond donors (Lipinski definition) is 7. The largest absolute Gasteiger partial charge is 0.480 e. The van der Waals surface area contributed by atoms with Crippen LogP contribution < -0.4 is 21.7 Å². The molecule has 0 saturated carbocycles. The second-order valence-electron chi connectivity index (χ2n) is 6.84. The lowest BCUT2D eigenvalue weighted by molar-refractivity contribution is -0.144. The number of aliphatic carboxylic acids is 1. The number of nitrogens with one attached hydrogen (secondary N) is 3. The molecular weight excluding hydrogens is 396 g/mol. The molecule has 0 heterocycles. The Bertz CT molecular complexity index is 742. The second-order valence-corrected chi connectivity index (χ2v) is 6.84. The third-order valence-corrected chi connectivity index (χ3v) is 4.25. The molecule has 0 spiro atoms. The van der Waals surface area contributed by atoms with Gasteiger partial charge in [0.1, 0.15) is 18.1 Å². The minimum absolute atomic E-state index is 0.261. The van der Waals surface area contributed by atoms with Crippen LogP contribution in [0.1, 0.15) is 19.4 Å². The van der Waals surface area contributed by atoms with Crippen molar-refractivity contribution in [3.63, 3.8) is 0 Å². The Morgan fingerprint density at radius 2 is 1.57 bits per heavy atom. The van der Waals surface area contributed by atoms with E-state index in [1.54, 1.807) is 0 Å². The van der Waals surface area contributed by atoms with Gasteiger partial charge in [0, 0.05) is 0 Å². The maximum Gasteiger partial charge on any atom is 0.328 e. The zero-order chi connectivity index (χ0) is 22.8. The third-order valence-electron chi connectivity index (χ3n) is 4.25. The van der Waals surface area contributed by atoms with E-state index in [1.807, 2.05) is 35.6 Å². The number of aliphatic hydroxyl groups excluding tert-OH is 2. The fourth-order valence-corrected chi connectivity index (χ4v) is 2.48. The molecule has 0 bridgehead atoms. The van der Waals surface area contributed by atoms with E-state index in [0.29, 0.717) is 0 Å². The molecule has 0 aliphatic carbocycles. The topological polar surface area (TPSA) is 191 Å². The fourth-order valence-electron chi connectivity index (χ4n) is 2.48. The van der Waals surface area contributed by atoms with E-state index in [1.165, 1.54) is 13.8 Å². The van der Waals surface area contributed by atoms with Crippen molar-refractivity contribution in [2.75, 3.05) is 6.61 Å². The van der Waals surface area contributed by atoms with Crippen LogP contribution in [0.25, 0.3) is 0 Å². The van der Waals surface area contributed by atoms with Crippen molar-refractivity contribution >= 4 is 23.7 Å². The van der Waals surface area contributed by atoms with Crippen LogP contribution in [0.4, 0.5) is 0 Å². The summed E-state index contributed by atoms with van der Waals surface area (Å²) >= 11 is 0. The van der Waals surface area contributed by atoms with Crippen molar-refractivity contribution in [3.05, 3.63) is 35.9 Å². The molecule has 8 N–H and O–H groups in total. The first-order chi connectivity index (χ1) is 14.1. The first kappa shape index (κ1) is 25.0. The molecule has 1 aromatic carbocycles. The smallest absolute Gasteiger partial charge is 0.328 e. The summed E-state index contributed by atoms with van der Waals surface area (Å²) in [5, 5.41) is 34.3. The van der Waals surface area contributed by atoms with Gasteiger partial charge in [-0.1, -0.05) is 30.3 Å². The Kier molecular flexibility index (Phi) is 9.89. The predicted octanol–water partition coefficient (Wildman–Crippen LogP) is -2.51. The highest BCUT2D eigenvalue weighted by atomic mass is 16.4. The van der Waals surface area contributed by atoms with Crippen LogP contribution in [0.3, 0.4) is 0 Å². The van der Waals surface area contributed by atoms with Gasteiger partial charge < -0.3 is 37.0 Å². The molecule has 11 heteroatoms. The van der Waals surface area contributed by atoms with Crippen LogP contribution in [-0.4, -0.2) is 75.9 Å². The van der Waals surface area contributed by atoms with Crippen molar-refractivity contribution in [2.24, 2.45) is 5.73 Å². The predicted molar refractivity (Wildman–Crippen MR) is 106 cm³/mol. The number of benzene rings is 1. The van der Waals surface area contributed by atoms with E-state index in [2.05, 4.69) is 10.6 Å². The number of carbonyl (C=O) groups is 4. The van der Waals surface area contributed by atoms with Gasteiger partial charge in [-0.25, -0.2) is 4.79 Å². The van der Waals surface area contributed by atoms with Gasteiger partial charge in [-0.3, -0.25) is 14.4 Å². The van der Waals surface area contributed by atoms with Gasteiger partial charge in [0.05, 0.1) is 18.8 Å². The molecule has 0 fully saturated rings. The zero-order valence-electron chi connectivity index (χ0n) is 16.7. The van der Waals surface area contributed by atoms with Crippen LogP contribution in [0, 0.1) is 0 Å². The number of carboxylic acids is 1. The summed E-state index contributed by atoms with van der Waals surface area (Å²) in [5.74, 6) is -3.84. The number of carbonyl (C=O) groups excluding carboxylic acids is 3. The van der Waals surface area contributed by atoms with Crippen LogP contribution >= 0.6 is 0 Å². The molecule has 0 aliphatic heterocycles. The number of nitrogens with two attached hydrogens (primary N) is 1. The van der Waals surface area contributed by atoms with E-state index < -0.39 is 60.6 Å². The minimum Gasteiger partial charge on any atom is -0.480 e. The molecule has 11 nitrogen and oxygen atoms in total. The molecule has 30 heavy (non-hydrogen) atoms. The molecule has 0 saturated heterocycles. The summed E-state index contributed by atoms with van der Waals surface area (Å²) < 4.78 is 0. The quantitative estimate of drug-likeness (QED) is 0.202. The third kappa shape index (κ3) is 7.78. The molecular formula is C19H28N4O7. The number of carboxylic acid groups (broad SMARTS) is 1. The average Bonchev–Trinajstić information content (AvgIpc) is 2.69. The van der Waals surface area contributed by atoms with Gasteiger partial charge in [-0.15, -0.1) is 0 Å². The summed E-state index contributed by atoms with van der Waals surface area (Å²) in [6, 6.07) is 3.99. The van der Waals surface area contributed by atoms with Crippen LogP contribution in [-0.2, 0) is 25.6 Å². The Balaban J connectivity index is 2.67. The van der Waals surface area contributed by atoms with E-state index >= 15 is 0 Å². The second kappa shape index (κ2) is 11.9. The summed E-state index contributed by atoms with van der Waals surface area (Å²) in [4.78, 5) is 47.7. The summed E-state index contributed by atoms with van der Waals surface area (Å²) in [5.41, 5.74) is 6.71. The molecule has 5 unspecified atom stereocenters. The first-order valence-electron chi connectivity index (χ1n) is 9.29. The molecule has 0 aromatic heterocycles. The maximum absolute atomic E-state index is 12.3. The van der Waals surface area contributed by atoms with Gasteiger partial charge in [0.25, 0.3) is 0 Å². The monoisotopic (exact) mass is 424 g/mol. The van der Waals surface area contributed by atoms with Crippen LogP contribution in [0.15, 0.2) is 30.3 Å². The molecule has 5 atom stereocenters. The van der Waals surface area contributed by atoms with Crippen molar-refractivity contribution in [1.29, 1.82) is 0 Å². The molecule has 1 rings (SSSR count). The highest BCUT2D eigenvalue weighted by Gasteiger charge is 2.31. The maximum atomic E-state index is 12.3. The molecule has 0 aliphatic rings. The Morgan fingerprint density at radius 3 is 2.07 bits per heavy atom. The number of amides is 3. The normalized spacial score (nSPS) is 15.8. The van der Waals surface area contributed by atoms with Gasteiger partial charge in [0.15, 0.2) is 0 Å². The Hall–Kier alpha value is -3.02. The fraction of sp³-hybridized carbons (Fsp3) is 0.474. The number of aliphatic hydroxyl groups is 2. The van der Waals surface area contributed by atoms with Crippen molar-refractivity contribution < 1.29 is 34.5 Å². The van der Waals surface area contributed by atoms with E-state index in [9.17, 15) is 24.3 Å². The minimum atomic E-state index is -1.59. The van der Waals surface area contributed by atoms with Crippen molar-refractivity contribution in [1.82, 2.24) is 16.0 Å². The molecule has 3 amide bonds. The van der Waals surface area contributed by atoms with Crippen molar-refractivity contribution in [2.45, 2.75) is 50.5 Å². The van der Waals surface area contributed by atoms with Gasteiger partial charge in [-0.2, -0.15) is 0 Å². The Morgan fingerprint density at radius 1 is 0.967 bits per heavy atom. The highest BCUT2D eigenvalue weighted by Crippen LogP contribution is 2.02. The molecule has 166 valence electrons.